The lowest BCUT2D eigenvalue weighted by Crippen LogP contribution is -2.14. The minimum absolute atomic E-state index is 0.135. The molecule has 0 radical (unpaired) electrons. The van der Waals surface area contributed by atoms with E-state index in [-0.39, 0.29) is 12.3 Å². The fraction of sp³-hybridized carbons (Fsp3) is 0.350. The molecule has 0 aliphatic rings. The van der Waals surface area contributed by atoms with Gasteiger partial charge in [0.05, 0.1) is 33.9 Å². The summed E-state index contributed by atoms with van der Waals surface area (Å²) < 4.78 is 21.6. The van der Waals surface area contributed by atoms with Crippen molar-refractivity contribution in [2.24, 2.45) is 0 Å². The van der Waals surface area contributed by atoms with E-state index in [1.54, 1.807) is 44.6 Å². The molecule has 0 aliphatic carbocycles. The third-order valence-electron chi connectivity index (χ3n) is 3.64. The summed E-state index contributed by atoms with van der Waals surface area (Å²) in [7, 11) is 3.14. The first-order valence-corrected chi connectivity index (χ1v) is 8.51. The van der Waals surface area contributed by atoms with Crippen molar-refractivity contribution in [1.82, 2.24) is 0 Å². The minimum Gasteiger partial charge on any atom is -0.493 e. The lowest BCUT2D eigenvalue weighted by Gasteiger charge is -2.13. The second-order valence-corrected chi connectivity index (χ2v) is 5.44. The summed E-state index contributed by atoms with van der Waals surface area (Å²) in [6.07, 6.45) is 0.220. The number of hydrogen-bond donors (Lipinski definition) is 1. The highest BCUT2D eigenvalue weighted by atomic mass is 16.5. The highest BCUT2D eigenvalue weighted by Gasteiger charge is 2.11. The predicted molar refractivity (Wildman–Crippen MR) is 101 cm³/mol. The van der Waals surface area contributed by atoms with Gasteiger partial charge in [-0.15, -0.1) is 0 Å². The van der Waals surface area contributed by atoms with Gasteiger partial charge < -0.3 is 24.3 Å². The lowest BCUT2D eigenvalue weighted by molar-refractivity contribution is -0.115. The second kappa shape index (κ2) is 9.56. The minimum atomic E-state index is -0.135. The zero-order valence-corrected chi connectivity index (χ0v) is 15.6. The summed E-state index contributed by atoms with van der Waals surface area (Å²) in [5.41, 5.74) is 1.48. The highest BCUT2D eigenvalue weighted by molar-refractivity contribution is 5.92. The molecular weight excluding hydrogens is 334 g/mol. The van der Waals surface area contributed by atoms with Crippen molar-refractivity contribution in [1.29, 1.82) is 0 Å². The van der Waals surface area contributed by atoms with E-state index in [0.717, 1.165) is 5.56 Å². The number of anilines is 1. The number of amides is 1. The number of nitrogens with one attached hydrogen (secondary N) is 1. The molecule has 0 atom stereocenters. The van der Waals surface area contributed by atoms with Crippen molar-refractivity contribution in [2.75, 3.05) is 32.8 Å². The van der Waals surface area contributed by atoms with Gasteiger partial charge in [-0.05, 0) is 43.7 Å². The molecule has 26 heavy (non-hydrogen) atoms. The molecule has 0 aromatic heterocycles. The predicted octanol–water partition coefficient (Wildman–Crippen LogP) is 3.68. The van der Waals surface area contributed by atoms with Gasteiger partial charge in [0.15, 0.2) is 23.0 Å². The highest BCUT2D eigenvalue weighted by Crippen LogP contribution is 2.31. The van der Waals surface area contributed by atoms with Gasteiger partial charge in [0.2, 0.25) is 5.91 Å². The summed E-state index contributed by atoms with van der Waals surface area (Å²) in [5, 5.41) is 2.88. The van der Waals surface area contributed by atoms with Crippen LogP contribution in [-0.4, -0.2) is 33.3 Å². The maximum atomic E-state index is 12.4. The number of hydrogen-bond acceptors (Lipinski definition) is 5. The van der Waals surface area contributed by atoms with Crippen LogP contribution in [0.25, 0.3) is 0 Å². The molecule has 2 aromatic carbocycles. The standard InChI is InChI=1S/C20H25NO5/c1-5-25-17-10-8-15(13-19(17)26-6-2)21-20(22)12-14-7-9-16(23-3)18(11-14)24-4/h7-11,13H,5-6,12H2,1-4H3,(H,21,22). The largest absolute Gasteiger partial charge is 0.493 e. The maximum absolute atomic E-state index is 12.4. The Labute approximate surface area is 154 Å². The fourth-order valence-electron chi connectivity index (χ4n) is 2.51. The Hall–Kier alpha value is -2.89. The Kier molecular flexibility index (Phi) is 7.14. The molecule has 0 fully saturated rings. The van der Waals surface area contributed by atoms with Gasteiger partial charge in [-0.25, -0.2) is 0 Å². The first-order chi connectivity index (χ1) is 12.6. The number of rotatable bonds is 9. The molecule has 2 aromatic rings. The van der Waals surface area contributed by atoms with Gasteiger partial charge in [0.25, 0.3) is 0 Å². The van der Waals surface area contributed by atoms with Crippen LogP contribution in [0.1, 0.15) is 19.4 Å². The Bertz CT molecular complexity index is 745. The van der Waals surface area contributed by atoms with Crippen LogP contribution >= 0.6 is 0 Å². The van der Waals surface area contributed by atoms with E-state index in [2.05, 4.69) is 5.32 Å². The summed E-state index contributed by atoms with van der Waals surface area (Å²) in [4.78, 5) is 12.4. The van der Waals surface area contributed by atoms with E-state index in [4.69, 9.17) is 18.9 Å². The summed E-state index contributed by atoms with van der Waals surface area (Å²) in [6, 6.07) is 10.8. The van der Waals surface area contributed by atoms with Crippen molar-refractivity contribution in [3.8, 4) is 23.0 Å². The van der Waals surface area contributed by atoms with Crippen LogP contribution in [-0.2, 0) is 11.2 Å². The van der Waals surface area contributed by atoms with Gasteiger partial charge in [-0.1, -0.05) is 6.07 Å². The average molecular weight is 359 g/mol. The average Bonchev–Trinajstić information content (AvgIpc) is 2.64. The van der Waals surface area contributed by atoms with Crippen LogP contribution in [0.15, 0.2) is 36.4 Å². The van der Waals surface area contributed by atoms with Crippen molar-refractivity contribution in [3.63, 3.8) is 0 Å². The van der Waals surface area contributed by atoms with Crippen LogP contribution < -0.4 is 24.3 Å². The molecule has 140 valence electrons. The quantitative estimate of drug-likeness (QED) is 0.740. The molecule has 0 heterocycles. The van der Waals surface area contributed by atoms with Crippen LogP contribution in [0.2, 0.25) is 0 Å². The Morgan fingerprint density at radius 1 is 0.846 bits per heavy atom. The van der Waals surface area contributed by atoms with Crippen LogP contribution in [0, 0.1) is 0 Å². The van der Waals surface area contributed by atoms with Crippen LogP contribution in [0.3, 0.4) is 0 Å². The van der Waals surface area contributed by atoms with E-state index in [1.165, 1.54) is 0 Å². The number of methoxy groups -OCH3 is 2. The molecule has 2 rings (SSSR count). The molecule has 0 unspecified atom stereocenters. The molecule has 0 bridgehead atoms. The monoisotopic (exact) mass is 359 g/mol. The van der Waals surface area contributed by atoms with Crippen molar-refractivity contribution in [2.45, 2.75) is 20.3 Å². The third kappa shape index (κ3) is 5.05. The van der Waals surface area contributed by atoms with Gasteiger partial charge in [0.1, 0.15) is 0 Å². The SMILES string of the molecule is CCOc1ccc(NC(=O)Cc2ccc(OC)c(OC)c2)cc1OCC. The topological polar surface area (TPSA) is 66.0 Å². The molecule has 0 saturated carbocycles. The fourth-order valence-corrected chi connectivity index (χ4v) is 2.51. The smallest absolute Gasteiger partial charge is 0.228 e. The number of carbonyl (C=O) groups excluding carboxylic acids is 1. The lowest BCUT2D eigenvalue weighted by atomic mass is 10.1. The second-order valence-electron chi connectivity index (χ2n) is 5.44. The number of benzene rings is 2. The van der Waals surface area contributed by atoms with Gasteiger partial charge in [-0.2, -0.15) is 0 Å². The van der Waals surface area contributed by atoms with Crippen LogP contribution in [0.4, 0.5) is 5.69 Å². The first kappa shape index (κ1) is 19.4. The van der Waals surface area contributed by atoms with E-state index in [1.807, 2.05) is 19.9 Å². The molecule has 6 heteroatoms. The molecule has 1 N–H and O–H groups in total. The van der Waals surface area contributed by atoms with Gasteiger partial charge >= 0.3 is 0 Å². The summed E-state index contributed by atoms with van der Waals surface area (Å²) in [5.74, 6) is 2.36. The molecule has 1 amide bonds. The summed E-state index contributed by atoms with van der Waals surface area (Å²) in [6.45, 7) is 4.88. The molecular formula is C20H25NO5. The maximum Gasteiger partial charge on any atom is 0.228 e. The van der Waals surface area contributed by atoms with E-state index >= 15 is 0 Å². The Morgan fingerprint density at radius 3 is 2.15 bits per heavy atom. The first-order valence-electron chi connectivity index (χ1n) is 8.51. The summed E-state index contributed by atoms with van der Waals surface area (Å²) >= 11 is 0. The number of carbonyl (C=O) groups is 1. The Morgan fingerprint density at radius 2 is 1.50 bits per heavy atom. The van der Waals surface area contributed by atoms with Gasteiger partial charge in [0, 0.05) is 11.8 Å². The zero-order valence-electron chi connectivity index (χ0n) is 15.6. The molecule has 0 saturated heterocycles. The van der Waals surface area contributed by atoms with Crippen molar-refractivity contribution in [3.05, 3.63) is 42.0 Å². The normalized spacial score (nSPS) is 10.2. The molecule has 6 nitrogen and oxygen atoms in total. The van der Waals surface area contributed by atoms with Crippen molar-refractivity contribution < 1.29 is 23.7 Å². The Balaban J connectivity index is 2.08. The zero-order chi connectivity index (χ0) is 18.9. The van der Waals surface area contributed by atoms with Crippen molar-refractivity contribution >= 4 is 11.6 Å². The van der Waals surface area contributed by atoms with Crippen LogP contribution in [0.5, 0.6) is 23.0 Å². The third-order valence-corrected chi connectivity index (χ3v) is 3.64. The number of ether oxygens (including phenoxy) is 4. The molecule has 0 aliphatic heterocycles. The van der Waals surface area contributed by atoms with E-state index < -0.39 is 0 Å². The van der Waals surface area contributed by atoms with Gasteiger partial charge in [-0.3, -0.25) is 4.79 Å². The van der Waals surface area contributed by atoms with E-state index in [0.29, 0.717) is 41.9 Å². The molecule has 0 spiro atoms. The van der Waals surface area contributed by atoms with E-state index in [9.17, 15) is 4.79 Å².